The first-order chi connectivity index (χ1) is 17.2. The Labute approximate surface area is 235 Å². The van der Waals surface area contributed by atoms with Crippen molar-refractivity contribution in [3.8, 4) is 0 Å². The molecule has 0 aliphatic heterocycles. The molecule has 0 bridgehead atoms. The summed E-state index contributed by atoms with van der Waals surface area (Å²) in [5.74, 6) is 0. The van der Waals surface area contributed by atoms with Crippen molar-refractivity contribution in [1.29, 1.82) is 0 Å². The standard InChI is InChI=1S/C21H27Cl2N.2C3H8.2C2H6.CH2O/c1-4-5-6-7-18-19(22)12-17(13-20(18)23)21(2,3)16-10-8-15(14-24)9-11-16;2*1-3-2;3*1-2/h8-13H,4-7,14,24H2,1-3H3;2*3H2,1-2H3;2*1-2H3;1H2. The molecule has 4 heteroatoms. The van der Waals surface area contributed by atoms with Crippen LogP contribution in [-0.2, 0) is 23.2 Å². The molecule has 2 nitrogen and oxygen atoms in total. The Bertz CT molecular complexity index is 702. The van der Waals surface area contributed by atoms with Gasteiger partial charge < -0.3 is 10.5 Å². The van der Waals surface area contributed by atoms with Gasteiger partial charge in [-0.15, -0.1) is 0 Å². The number of carbonyl (C=O) groups excluding carboxylic acids is 1. The number of hydrogen-bond acceptors (Lipinski definition) is 2. The fourth-order valence-corrected chi connectivity index (χ4v) is 3.65. The molecule has 210 valence electrons. The molecule has 2 rings (SSSR count). The van der Waals surface area contributed by atoms with Crippen molar-refractivity contribution in [3.05, 3.63) is 68.7 Å². The minimum Gasteiger partial charge on any atom is -0.326 e. The van der Waals surface area contributed by atoms with Gasteiger partial charge in [0, 0.05) is 22.0 Å². The van der Waals surface area contributed by atoms with E-state index in [1.807, 2.05) is 34.5 Å². The fraction of sp³-hybridized carbons (Fsp3) is 0.594. The first-order valence-electron chi connectivity index (χ1n) is 13.8. The lowest BCUT2D eigenvalue weighted by atomic mass is 9.77. The summed E-state index contributed by atoms with van der Waals surface area (Å²) >= 11 is 13.1. The number of hydrogen-bond donors (Lipinski definition) is 1. The van der Waals surface area contributed by atoms with Crippen LogP contribution in [0, 0.1) is 0 Å². The summed E-state index contributed by atoms with van der Waals surface area (Å²) < 4.78 is 0. The zero-order valence-corrected chi connectivity index (χ0v) is 26.9. The highest BCUT2D eigenvalue weighted by molar-refractivity contribution is 6.36. The number of rotatable bonds is 7. The lowest BCUT2D eigenvalue weighted by Gasteiger charge is -2.27. The van der Waals surface area contributed by atoms with Gasteiger partial charge in [0.05, 0.1) is 0 Å². The highest BCUT2D eigenvalue weighted by Gasteiger charge is 2.25. The van der Waals surface area contributed by atoms with Gasteiger partial charge in [0.25, 0.3) is 0 Å². The molecule has 2 N–H and O–H groups in total. The predicted octanol–water partition coefficient (Wildman–Crippen LogP) is 11.2. The quantitative estimate of drug-likeness (QED) is 0.354. The Kier molecular flexibility index (Phi) is 32.7. The third-order valence-corrected chi connectivity index (χ3v) is 5.48. The van der Waals surface area contributed by atoms with E-state index in [0.717, 1.165) is 39.6 Å². The van der Waals surface area contributed by atoms with Crippen molar-refractivity contribution in [1.82, 2.24) is 0 Å². The van der Waals surface area contributed by atoms with Crippen molar-refractivity contribution in [2.24, 2.45) is 5.73 Å². The van der Waals surface area contributed by atoms with E-state index in [4.69, 9.17) is 33.7 Å². The molecule has 0 atom stereocenters. The topological polar surface area (TPSA) is 43.1 Å². The largest absolute Gasteiger partial charge is 0.326 e. The average molecular weight is 543 g/mol. The maximum Gasteiger partial charge on any atom is 0.106 e. The Hall–Kier alpha value is -1.35. The monoisotopic (exact) mass is 541 g/mol. The third kappa shape index (κ3) is 17.2. The highest BCUT2D eigenvalue weighted by atomic mass is 35.5. The number of carbonyl (C=O) groups is 1. The van der Waals surface area contributed by atoms with E-state index >= 15 is 0 Å². The SMILES string of the molecule is C=O.CC.CC.CCC.CCC.CCCCCc1c(Cl)cc(C(C)(C)c2ccc(CN)cc2)cc1Cl. The molecule has 0 fully saturated rings. The summed E-state index contributed by atoms with van der Waals surface area (Å²) in [6.45, 7) is 25.7. The van der Waals surface area contributed by atoms with Crippen molar-refractivity contribution in [2.75, 3.05) is 0 Å². The first kappa shape index (κ1) is 41.8. The molecule has 0 spiro atoms. The van der Waals surface area contributed by atoms with Crippen LogP contribution in [0.1, 0.15) is 131 Å². The molecule has 0 unspecified atom stereocenters. The van der Waals surface area contributed by atoms with Gasteiger partial charge in [-0.2, -0.15) is 0 Å². The molecular weight excluding hydrogens is 485 g/mol. The van der Waals surface area contributed by atoms with E-state index in [9.17, 15) is 0 Å². The molecule has 2 aromatic carbocycles. The third-order valence-electron chi connectivity index (χ3n) is 4.80. The normalized spacial score (nSPS) is 9.28. The van der Waals surface area contributed by atoms with Crippen molar-refractivity contribution in [3.63, 3.8) is 0 Å². The Balaban J connectivity index is -0.000000367. The number of unbranched alkanes of at least 4 members (excludes halogenated alkanes) is 2. The predicted molar refractivity (Wildman–Crippen MR) is 168 cm³/mol. The fourth-order valence-electron chi connectivity index (χ4n) is 2.98. The summed E-state index contributed by atoms with van der Waals surface area (Å²) in [5.41, 5.74) is 10.1. The summed E-state index contributed by atoms with van der Waals surface area (Å²) in [6.07, 6.45) is 6.96. The van der Waals surface area contributed by atoms with Crippen molar-refractivity contribution < 1.29 is 4.79 Å². The molecule has 0 saturated heterocycles. The lowest BCUT2D eigenvalue weighted by Crippen LogP contribution is -2.19. The van der Waals surface area contributed by atoms with Gasteiger partial charge >= 0.3 is 0 Å². The van der Waals surface area contributed by atoms with E-state index in [1.54, 1.807) is 0 Å². The number of benzene rings is 2. The molecule has 2 aromatic rings. The molecule has 0 amide bonds. The second-order valence-corrected chi connectivity index (χ2v) is 9.13. The molecular formula is C32H57Cl2NO. The van der Waals surface area contributed by atoms with E-state index in [-0.39, 0.29) is 5.41 Å². The molecule has 0 aliphatic carbocycles. The number of nitrogens with two attached hydrogens (primary N) is 1. The van der Waals surface area contributed by atoms with Crippen LogP contribution in [0.4, 0.5) is 0 Å². The summed E-state index contributed by atoms with van der Waals surface area (Å²) in [5, 5.41) is 1.56. The van der Waals surface area contributed by atoms with Gasteiger partial charge in [0.2, 0.25) is 0 Å². The van der Waals surface area contributed by atoms with E-state index < -0.39 is 0 Å². The maximum atomic E-state index is 8.00. The van der Waals surface area contributed by atoms with Crippen LogP contribution in [0.25, 0.3) is 0 Å². The zero-order chi connectivity index (χ0) is 29.2. The molecule has 0 aliphatic rings. The van der Waals surface area contributed by atoms with Crippen LogP contribution >= 0.6 is 23.2 Å². The molecule has 36 heavy (non-hydrogen) atoms. The Morgan fingerprint density at radius 2 is 1.14 bits per heavy atom. The van der Waals surface area contributed by atoms with Crippen LogP contribution in [0.2, 0.25) is 10.0 Å². The van der Waals surface area contributed by atoms with Crippen LogP contribution in [-0.4, -0.2) is 6.79 Å². The van der Waals surface area contributed by atoms with Gasteiger partial charge in [-0.25, -0.2) is 0 Å². The van der Waals surface area contributed by atoms with Crippen LogP contribution < -0.4 is 5.73 Å². The van der Waals surface area contributed by atoms with Gasteiger partial charge in [-0.05, 0) is 47.2 Å². The molecule has 0 radical (unpaired) electrons. The average Bonchev–Trinajstić information content (AvgIpc) is 2.90. The lowest BCUT2D eigenvalue weighted by molar-refractivity contribution is -0.0979. The van der Waals surface area contributed by atoms with Crippen molar-refractivity contribution >= 4 is 30.0 Å². The second kappa shape index (κ2) is 28.2. The minimum atomic E-state index is -0.164. The highest BCUT2D eigenvalue weighted by Crippen LogP contribution is 2.37. The maximum absolute atomic E-state index is 8.00. The summed E-state index contributed by atoms with van der Waals surface area (Å²) in [4.78, 5) is 8.00. The first-order valence-corrected chi connectivity index (χ1v) is 14.5. The molecule has 0 aromatic heterocycles. The molecule has 0 heterocycles. The number of halogens is 2. The van der Waals surface area contributed by atoms with Gasteiger partial charge in [0.1, 0.15) is 6.79 Å². The Morgan fingerprint density at radius 3 is 1.47 bits per heavy atom. The second-order valence-electron chi connectivity index (χ2n) is 8.32. The van der Waals surface area contributed by atoms with Crippen molar-refractivity contribution in [2.45, 2.75) is 127 Å². The van der Waals surface area contributed by atoms with Gasteiger partial charge in [0.15, 0.2) is 0 Å². The van der Waals surface area contributed by atoms with Crippen LogP contribution in [0.15, 0.2) is 36.4 Å². The van der Waals surface area contributed by atoms with E-state index in [1.165, 1.54) is 31.2 Å². The van der Waals surface area contributed by atoms with Crippen LogP contribution in [0.3, 0.4) is 0 Å². The minimum absolute atomic E-state index is 0.164. The van der Waals surface area contributed by atoms with Gasteiger partial charge in [-0.1, -0.05) is 149 Å². The summed E-state index contributed by atoms with van der Waals surface area (Å²) in [6, 6.07) is 12.6. The van der Waals surface area contributed by atoms with E-state index in [0.29, 0.717) is 6.54 Å². The van der Waals surface area contributed by atoms with E-state index in [2.05, 4.69) is 84.9 Å². The zero-order valence-electron chi connectivity index (χ0n) is 25.4. The Morgan fingerprint density at radius 1 is 0.750 bits per heavy atom. The van der Waals surface area contributed by atoms with Gasteiger partial charge in [-0.3, -0.25) is 0 Å². The summed E-state index contributed by atoms with van der Waals surface area (Å²) in [7, 11) is 0. The van der Waals surface area contributed by atoms with Crippen LogP contribution in [0.5, 0.6) is 0 Å². The molecule has 0 saturated carbocycles. The smallest absolute Gasteiger partial charge is 0.106 e.